The van der Waals surface area contributed by atoms with Gasteiger partial charge in [0.2, 0.25) is 5.78 Å². The Bertz CT molecular complexity index is 2300. The van der Waals surface area contributed by atoms with Crippen molar-refractivity contribution < 1.29 is 32.4 Å². The van der Waals surface area contributed by atoms with Gasteiger partial charge in [0.05, 0.1) is 40.2 Å². The third kappa shape index (κ3) is 9.03. The molecule has 0 spiro atoms. The standard InChI is InChI=1S/C20H23N5O.C20H21N5O.2CH4.Mn.2O/c2*26-20(17-13-21-7-8-22-17)14-4-5-18-16(12-14)23-19-6-9-24(10-11-25(18)19)15-2-1-3-15;;;;;/h4-5,7-8,12-13,15,20,26H,1-3,6,9-11H2;4-5,7-8,12-13,15H,1-3,6,9-11H2;2*1H4;;;. The number of nitrogens with zero attached hydrogens (tertiary/aromatic N) is 10. The van der Waals surface area contributed by atoms with Crippen molar-refractivity contribution >= 4 is 27.9 Å². The molecule has 6 aromatic rings. The number of rotatable bonds is 6. The molecule has 2 aliphatic heterocycles. The molecule has 10 rings (SSSR count). The van der Waals surface area contributed by atoms with Crippen molar-refractivity contribution in [3.8, 4) is 0 Å². The molecule has 2 saturated carbocycles. The van der Waals surface area contributed by atoms with Crippen molar-refractivity contribution in [2.45, 2.75) is 97.5 Å². The molecule has 0 radical (unpaired) electrons. The van der Waals surface area contributed by atoms with Crippen LogP contribution in [0.3, 0.4) is 0 Å². The van der Waals surface area contributed by atoms with Gasteiger partial charge in [-0.15, -0.1) is 0 Å². The van der Waals surface area contributed by atoms with Crippen molar-refractivity contribution in [1.82, 2.24) is 48.8 Å². The number of aliphatic hydroxyl groups is 1. The predicted molar refractivity (Wildman–Crippen MR) is 212 cm³/mol. The third-order valence-electron chi connectivity index (χ3n) is 11.6. The van der Waals surface area contributed by atoms with E-state index in [0.29, 0.717) is 17.0 Å². The van der Waals surface area contributed by atoms with Crippen molar-refractivity contribution in [3.63, 3.8) is 0 Å². The van der Waals surface area contributed by atoms with E-state index in [1.54, 1.807) is 31.0 Å². The van der Waals surface area contributed by atoms with E-state index in [1.807, 2.05) is 30.3 Å². The van der Waals surface area contributed by atoms with Crippen LogP contribution in [-0.2, 0) is 48.4 Å². The van der Waals surface area contributed by atoms with Gasteiger partial charge >= 0.3 is 22.5 Å². The van der Waals surface area contributed by atoms with Crippen molar-refractivity contribution in [2.75, 3.05) is 26.2 Å². The van der Waals surface area contributed by atoms with E-state index in [9.17, 15) is 9.90 Å². The summed E-state index contributed by atoms with van der Waals surface area (Å²) in [6, 6.07) is 13.4. The second-order valence-electron chi connectivity index (χ2n) is 14.6. The van der Waals surface area contributed by atoms with Gasteiger partial charge in [0.25, 0.3) is 0 Å². The molecule has 6 heterocycles. The SMILES string of the molecule is C.C.O=C(c1ccc2c(c1)nc1n2CCN(C2CCC2)CC1)c1cnccn1.OC(c1ccc2c(c1)nc1n2CCN(C2CCC2)CC1)c1cnccn1.[O]=[Mn]=[O]. The Labute approximate surface area is 339 Å². The maximum atomic E-state index is 12.6. The minimum absolute atomic E-state index is 0. The number of carbonyl (C=O) groups excluding carboxylic acids is 1. The Morgan fingerprint density at radius 3 is 1.74 bits per heavy atom. The van der Waals surface area contributed by atoms with Crippen LogP contribution in [0.25, 0.3) is 22.1 Å². The van der Waals surface area contributed by atoms with Gasteiger partial charge in [-0.05, 0) is 61.6 Å². The molecule has 2 aliphatic carbocycles. The molecular formula is C42H52MnN10O4. The van der Waals surface area contributed by atoms with E-state index < -0.39 is 20.9 Å². The Balaban J connectivity index is 0.000000175. The molecule has 57 heavy (non-hydrogen) atoms. The van der Waals surface area contributed by atoms with Crippen LogP contribution in [0.2, 0.25) is 0 Å². The summed E-state index contributed by atoms with van der Waals surface area (Å²) in [5.41, 5.74) is 6.47. The molecule has 15 heteroatoms. The number of fused-ring (bicyclic) bond motifs is 6. The van der Waals surface area contributed by atoms with E-state index in [-0.39, 0.29) is 20.6 Å². The van der Waals surface area contributed by atoms with Gasteiger partial charge in [-0.2, -0.15) is 0 Å². The van der Waals surface area contributed by atoms with Crippen molar-refractivity contribution in [2.24, 2.45) is 0 Å². The summed E-state index contributed by atoms with van der Waals surface area (Å²) in [7, 11) is 0. The summed E-state index contributed by atoms with van der Waals surface area (Å²) in [5, 5.41) is 10.6. The van der Waals surface area contributed by atoms with Crippen LogP contribution >= 0.6 is 0 Å². The van der Waals surface area contributed by atoms with E-state index in [0.717, 1.165) is 103 Å². The molecule has 1 N–H and O–H groups in total. The maximum absolute atomic E-state index is 12.6. The molecule has 0 bridgehead atoms. The fourth-order valence-corrected chi connectivity index (χ4v) is 8.16. The summed E-state index contributed by atoms with van der Waals surface area (Å²) in [5.74, 6) is 2.18. The average Bonchev–Trinajstić information content (AvgIpc) is 3.55. The van der Waals surface area contributed by atoms with Crippen LogP contribution in [0.5, 0.6) is 0 Å². The minimum atomic E-state index is -1.44. The summed E-state index contributed by atoms with van der Waals surface area (Å²) in [6.07, 6.45) is 18.8. The van der Waals surface area contributed by atoms with Gasteiger partial charge in [0, 0.05) is 94.5 Å². The van der Waals surface area contributed by atoms with Gasteiger partial charge in [0.15, 0.2) is 0 Å². The second kappa shape index (κ2) is 19.1. The number of benzene rings is 2. The molecule has 14 nitrogen and oxygen atoms in total. The molecular weight excluding hydrogens is 763 g/mol. The predicted octanol–water partition coefficient (Wildman–Crippen LogP) is 5.82. The van der Waals surface area contributed by atoms with E-state index in [4.69, 9.17) is 17.6 Å². The number of carbonyl (C=O) groups is 1. The molecule has 2 fully saturated rings. The van der Waals surface area contributed by atoms with Crippen LogP contribution in [0.15, 0.2) is 73.6 Å². The fraction of sp³-hybridized carbons (Fsp3) is 0.452. The van der Waals surface area contributed by atoms with Crippen LogP contribution in [0.4, 0.5) is 0 Å². The van der Waals surface area contributed by atoms with Crippen molar-refractivity contribution in [1.29, 1.82) is 0 Å². The molecule has 0 amide bonds. The first kappa shape index (κ1) is 41.8. The number of imidazole rings is 2. The second-order valence-corrected chi connectivity index (χ2v) is 14.8. The van der Waals surface area contributed by atoms with Gasteiger partial charge < -0.3 is 14.2 Å². The van der Waals surface area contributed by atoms with Gasteiger partial charge in [0.1, 0.15) is 23.4 Å². The number of hydrogen-bond acceptors (Lipinski definition) is 12. The zero-order chi connectivity index (χ0) is 37.7. The quantitative estimate of drug-likeness (QED) is 0.159. The number of aliphatic hydroxyl groups excluding tert-OH is 1. The fourth-order valence-electron chi connectivity index (χ4n) is 8.16. The first-order valence-corrected chi connectivity index (χ1v) is 20.1. The average molecular weight is 816 g/mol. The monoisotopic (exact) mass is 815 g/mol. The molecule has 1 atom stereocenters. The van der Waals surface area contributed by atoms with E-state index in [1.165, 1.54) is 44.7 Å². The van der Waals surface area contributed by atoms with Gasteiger partial charge in [-0.1, -0.05) is 33.8 Å². The van der Waals surface area contributed by atoms with Gasteiger partial charge in [-0.3, -0.25) is 29.5 Å². The topological polar surface area (TPSA) is 165 Å². The van der Waals surface area contributed by atoms with Crippen LogP contribution < -0.4 is 0 Å². The zero-order valence-corrected chi connectivity index (χ0v) is 31.8. The molecule has 301 valence electrons. The Morgan fingerprint density at radius 1 is 0.684 bits per heavy atom. The number of aromatic nitrogens is 8. The first-order chi connectivity index (χ1) is 27.0. The summed E-state index contributed by atoms with van der Waals surface area (Å²) >= 11 is -1.44. The Morgan fingerprint density at radius 2 is 1.23 bits per heavy atom. The third-order valence-corrected chi connectivity index (χ3v) is 11.6. The van der Waals surface area contributed by atoms with Gasteiger partial charge in [-0.25, -0.2) is 15.0 Å². The van der Waals surface area contributed by atoms with Crippen LogP contribution in [0.1, 0.15) is 98.4 Å². The normalized spacial score (nSPS) is 17.6. The first-order valence-electron chi connectivity index (χ1n) is 19.1. The summed E-state index contributed by atoms with van der Waals surface area (Å²) in [4.78, 5) is 43.9. The van der Waals surface area contributed by atoms with Crippen LogP contribution in [0, 0.1) is 0 Å². The van der Waals surface area contributed by atoms with Crippen LogP contribution in [-0.4, -0.2) is 98.0 Å². The van der Waals surface area contributed by atoms with E-state index in [2.05, 4.69) is 44.9 Å². The molecule has 2 aromatic carbocycles. The molecule has 4 aliphatic rings. The Kier molecular flexibility index (Phi) is 14.0. The molecule has 0 saturated heterocycles. The molecule has 1 unspecified atom stereocenters. The summed E-state index contributed by atoms with van der Waals surface area (Å²) in [6.45, 7) is 6.34. The van der Waals surface area contributed by atoms with E-state index >= 15 is 0 Å². The summed E-state index contributed by atoms with van der Waals surface area (Å²) < 4.78 is 21.5. The number of ketones is 1. The molecule has 4 aromatic heterocycles. The Hall–Kier alpha value is -4.79. The zero-order valence-electron chi connectivity index (χ0n) is 30.6. The van der Waals surface area contributed by atoms with Crippen molar-refractivity contribution in [3.05, 3.63) is 108 Å². The number of hydrogen-bond donors (Lipinski definition) is 1.